The molecule has 2 amide bonds. The van der Waals surface area contributed by atoms with Crippen LogP contribution < -0.4 is 5.32 Å². The molecular weight excluding hydrogens is 230 g/mol. The van der Waals surface area contributed by atoms with Gasteiger partial charge in [-0.3, -0.25) is 14.9 Å². The zero-order valence-corrected chi connectivity index (χ0v) is 9.62. The van der Waals surface area contributed by atoms with Crippen LogP contribution in [0.15, 0.2) is 22.8 Å². The monoisotopic (exact) mass is 243 g/mol. The van der Waals surface area contributed by atoms with E-state index in [4.69, 9.17) is 9.52 Å². The third kappa shape index (κ3) is 4.08. The number of nitrogens with one attached hydrogen (secondary N) is 1. The number of furan rings is 1. The lowest BCUT2D eigenvalue weighted by Crippen LogP contribution is -2.32. The molecule has 16 heavy (non-hydrogen) atoms. The molecule has 1 unspecified atom stereocenters. The largest absolute Gasteiger partial charge is 0.459 e. The van der Waals surface area contributed by atoms with Crippen LogP contribution in [-0.4, -0.2) is 34.5 Å². The lowest BCUT2D eigenvalue weighted by Gasteiger charge is -2.06. The van der Waals surface area contributed by atoms with Crippen LogP contribution in [0.5, 0.6) is 0 Å². The molecule has 0 aromatic carbocycles. The lowest BCUT2D eigenvalue weighted by atomic mass is 10.4. The van der Waals surface area contributed by atoms with Crippen molar-refractivity contribution in [1.29, 1.82) is 0 Å². The van der Waals surface area contributed by atoms with E-state index in [1.165, 1.54) is 24.1 Å². The molecule has 0 saturated heterocycles. The fourth-order valence-electron chi connectivity index (χ4n) is 0.903. The smallest absolute Gasteiger partial charge is 0.293 e. The van der Waals surface area contributed by atoms with Crippen molar-refractivity contribution in [3.8, 4) is 0 Å². The molecule has 0 aliphatic heterocycles. The van der Waals surface area contributed by atoms with Crippen LogP contribution in [0.2, 0.25) is 0 Å². The van der Waals surface area contributed by atoms with Gasteiger partial charge in [0, 0.05) is 5.25 Å². The number of hydrogen-bond acceptors (Lipinski definition) is 5. The summed E-state index contributed by atoms with van der Waals surface area (Å²) < 4.78 is 4.83. The summed E-state index contributed by atoms with van der Waals surface area (Å²) in [6.07, 6.45) is 1.36. The second-order valence-electron chi connectivity index (χ2n) is 3.16. The number of aliphatic hydroxyl groups excluding tert-OH is 1. The van der Waals surface area contributed by atoms with Crippen molar-refractivity contribution >= 4 is 23.6 Å². The summed E-state index contributed by atoms with van der Waals surface area (Å²) in [5.74, 6) is -0.707. The van der Waals surface area contributed by atoms with Gasteiger partial charge in [0.1, 0.15) is 0 Å². The molecule has 0 aliphatic rings. The van der Waals surface area contributed by atoms with Gasteiger partial charge in [0.05, 0.1) is 18.6 Å². The number of carbonyl (C=O) groups is 2. The molecule has 0 radical (unpaired) electrons. The molecule has 0 spiro atoms. The van der Waals surface area contributed by atoms with Crippen LogP contribution in [0.3, 0.4) is 0 Å². The van der Waals surface area contributed by atoms with Crippen molar-refractivity contribution in [3.05, 3.63) is 24.2 Å². The molecule has 5 nitrogen and oxygen atoms in total. The molecule has 1 rings (SSSR count). The highest BCUT2D eigenvalue weighted by molar-refractivity contribution is 8.00. The summed E-state index contributed by atoms with van der Waals surface area (Å²) in [5, 5.41) is 10.9. The zero-order chi connectivity index (χ0) is 12.0. The van der Waals surface area contributed by atoms with Gasteiger partial charge in [0.15, 0.2) is 5.76 Å². The summed E-state index contributed by atoms with van der Waals surface area (Å²) in [7, 11) is 0. The Morgan fingerprint density at radius 1 is 1.62 bits per heavy atom. The van der Waals surface area contributed by atoms with Crippen molar-refractivity contribution < 1.29 is 19.1 Å². The maximum atomic E-state index is 11.3. The third-order valence-corrected chi connectivity index (χ3v) is 2.90. The number of hydrogen-bond donors (Lipinski definition) is 2. The maximum Gasteiger partial charge on any atom is 0.293 e. The summed E-state index contributed by atoms with van der Waals surface area (Å²) >= 11 is 1.28. The number of aliphatic hydroxyl groups is 1. The van der Waals surface area contributed by atoms with Crippen LogP contribution >= 0.6 is 11.8 Å². The second kappa shape index (κ2) is 6.34. The Kier molecular flexibility index (Phi) is 5.07. The lowest BCUT2D eigenvalue weighted by molar-refractivity contribution is -0.117. The normalized spacial score (nSPS) is 12.1. The van der Waals surface area contributed by atoms with E-state index < -0.39 is 11.8 Å². The molecule has 0 saturated carbocycles. The number of thioether (sulfide) groups is 1. The minimum absolute atomic E-state index is 0.00404. The molecule has 88 valence electrons. The second-order valence-corrected chi connectivity index (χ2v) is 4.59. The highest BCUT2D eigenvalue weighted by atomic mass is 32.2. The summed E-state index contributed by atoms with van der Waals surface area (Å²) in [4.78, 5) is 22.6. The molecule has 6 heteroatoms. The van der Waals surface area contributed by atoms with Gasteiger partial charge in [0.2, 0.25) is 5.91 Å². The Hall–Kier alpha value is -1.27. The fourth-order valence-corrected chi connectivity index (χ4v) is 1.52. The predicted octanol–water partition coefficient (Wildman–Crippen LogP) is 0.650. The topological polar surface area (TPSA) is 79.5 Å². The first-order valence-corrected chi connectivity index (χ1v) is 5.78. The van der Waals surface area contributed by atoms with Gasteiger partial charge < -0.3 is 9.52 Å². The van der Waals surface area contributed by atoms with Crippen LogP contribution in [-0.2, 0) is 4.79 Å². The van der Waals surface area contributed by atoms with E-state index in [1.54, 1.807) is 13.0 Å². The summed E-state index contributed by atoms with van der Waals surface area (Å²) in [5.41, 5.74) is 0. The van der Waals surface area contributed by atoms with E-state index >= 15 is 0 Å². The average molecular weight is 243 g/mol. The van der Waals surface area contributed by atoms with E-state index in [1.807, 2.05) is 0 Å². The van der Waals surface area contributed by atoms with Gasteiger partial charge in [0.25, 0.3) is 5.91 Å². The molecule has 2 N–H and O–H groups in total. The Morgan fingerprint density at radius 3 is 2.94 bits per heavy atom. The number of imide groups is 1. The van der Waals surface area contributed by atoms with Crippen LogP contribution in [0.4, 0.5) is 0 Å². The number of amides is 2. The minimum atomic E-state index is -0.549. The van der Waals surface area contributed by atoms with E-state index in [0.717, 1.165) is 0 Å². The highest BCUT2D eigenvalue weighted by Crippen LogP contribution is 2.08. The highest BCUT2D eigenvalue weighted by Gasteiger charge is 2.13. The van der Waals surface area contributed by atoms with Crippen molar-refractivity contribution in [2.24, 2.45) is 0 Å². The van der Waals surface area contributed by atoms with Crippen molar-refractivity contribution in [3.63, 3.8) is 0 Å². The van der Waals surface area contributed by atoms with Gasteiger partial charge in [-0.25, -0.2) is 0 Å². The maximum absolute atomic E-state index is 11.3. The third-order valence-electron chi connectivity index (χ3n) is 1.75. The number of rotatable bonds is 5. The molecular formula is C10H13NO4S. The first kappa shape index (κ1) is 12.8. The van der Waals surface area contributed by atoms with Crippen molar-refractivity contribution in [1.82, 2.24) is 5.32 Å². The fraction of sp³-hybridized carbons (Fsp3) is 0.400. The Morgan fingerprint density at radius 2 is 2.38 bits per heavy atom. The van der Waals surface area contributed by atoms with E-state index in [-0.39, 0.29) is 23.4 Å². The van der Waals surface area contributed by atoms with Gasteiger partial charge in [-0.1, -0.05) is 6.92 Å². The molecule has 1 aromatic heterocycles. The Bertz CT molecular complexity index is 350. The van der Waals surface area contributed by atoms with Gasteiger partial charge in [-0.15, -0.1) is 11.8 Å². The average Bonchev–Trinajstić information content (AvgIpc) is 2.79. The zero-order valence-electron chi connectivity index (χ0n) is 8.80. The van der Waals surface area contributed by atoms with E-state index in [0.29, 0.717) is 0 Å². The van der Waals surface area contributed by atoms with Crippen LogP contribution in [0, 0.1) is 0 Å². The van der Waals surface area contributed by atoms with Crippen molar-refractivity contribution in [2.45, 2.75) is 12.2 Å². The van der Waals surface area contributed by atoms with Crippen LogP contribution in [0.25, 0.3) is 0 Å². The SMILES string of the molecule is CC(CO)SCC(=O)NC(=O)c1ccco1. The molecule has 1 heterocycles. The first-order valence-electron chi connectivity index (χ1n) is 4.73. The summed E-state index contributed by atoms with van der Waals surface area (Å²) in [6, 6.07) is 3.05. The molecule has 0 aliphatic carbocycles. The molecule has 0 fully saturated rings. The quantitative estimate of drug-likeness (QED) is 0.793. The van der Waals surface area contributed by atoms with Crippen molar-refractivity contribution in [2.75, 3.05) is 12.4 Å². The van der Waals surface area contributed by atoms with E-state index in [2.05, 4.69) is 5.32 Å². The molecule has 1 atom stereocenters. The van der Waals surface area contributed by atoms with Gasteiger partial charge in [-0.05, 0) is 12.1 Å². The summed E-state index contributed by atoms with van der Waals surface area (Å²) in [6.45, 7) is 1.80. The minimum Gasteiger partial charge on any atom is -0.459 e. The number of carbonyl (C=O) groups excluding carboxylic acids is 2. The van der Waals surface area contributed by atoms with Gasteiger partial charge in [-0.2, -0.15) is 0 Å². The first-order chi connectivity index (χ1) is 7.63. The Labute approximate surface area is 97.2 Å². The Balaban J connectivity index is 2.32. The standard InChI is InChI=1S/C10H13NO4S/c1-7(5-12)16-6-9(13)11-10(14)8-3-2-4-15-8/h2-4,7,12H,5-6H2,1H3,(H,11,13,14). The molecule has 1 aromatic rings. The predicted molar refractivity (Wildman–Crippen MR) is 60.2 cm³/mol. The van der Waals surface area contributed by atoms with Gasteiger partial charge >= 0.3 is 0 Å². The molecule has 0 bridgehead atoms. The van der Waals surface area contributed by atoms with Crippen LogP contribution in [0.1, 0.15) is 17.5 Å². The van der Waals surface area contributed by atoms with E-state index in [9.17, 15) is 9.59 Å².